The summed E-state index contributed by atoms with van der Waals surface area (Å²) >= 11 is 0. The number of rotatable bonds is 41. The van der Waals surface area contributed by atoms with Gasteiger partial charge in [-0.3, -0.25) is 0 Å². The first-order valence-electron chi connectivity index (χ1n) is 34.5. The molecule has 9 aromatic rings. The van der Waals surface area contributed by atoms with E-state index in [1.807, 2.05) is 273 Å². The van der Waals surface area contributed by atoms with E-state index in [9.17, 15) is 16.6 Å². The summed E-state index contributed by atoms with van der Waals surface area (Å²) in [6.07, 6.45) is -13.2. The van der Waals surface area contributed by atoms with Crippen LogP contribution in [0.1, 0.15) is 50.1 Å². The fourth-order valence-corrected chi connectivity index (χ4v) is 12.3. The molecule has 0 aromatic heterocycles. The van der Waals surface area contributed by atoms with Crippen molar-refractivity contribution in [1.29, 1.82) is 0 Å². The quantitative estimate of drug-likeness (QED) is 0.0196. The SMILES string of the molecule is [N-]=[N+]=N[C@H]1[C@@H](O[C@H]2[C@H](OCc3ccccc3)[C@@H](N=[N+]=[N-])[C@@H](O[C@@H](COCc3ccccc3)[C@@H](OCc3ccccc3)[C@H](OCc3ccccc3)[C@@H](COCc3ccccc3)N=[N+]=[N-])O[C@@H]2COCc2ccccc2)O[C@H](COCc2ccccc2)[C@@H](OCc2ccccc2)[C@@H]1OCc1ccccc1. The van der Waals surface area contributed by atoms with E-state index in [0.29, 0.717) is 0 Å². The first kappa shape index (κ1) is 74.6. The molecule has 9 aromatic carbocycles. The molecule has 0 bridgehead atoms. The first-order chi connectivity index (χ1) is 51.0. The van der Waals surface area contributed by atoms with Crippen molar-refractivity contribution >= 4 is 0 Å². The van der Waals surface area contributed by atoms with Crippen molar-refractivity contribution in [1.82, 2.24) is 0 Å². The molecule has 22 heteroatoms. The van der Waals surface area contributed by atoms with Crippen molar-refractivity contribution in [3.8, 4) is 0 Å². The third-order valence-corrected chi connectivity index (χ3v) is 17.5. The number of azide groups is 3. The molecule has 2 fully saturated rings. The van der Waals surface area contributed by atoms with Crippen LogP contribution < -0.4 is 0 Å². The summed E-state index contributed by atoms with van der Waals surface area (Å²) in [5.41, 5.74) is 39.9. The molecule has 2 aliphatic rings. The van der Waals surface area contributed by atoms with Crippen LogP contribution in [-0.2, 0) is 121 Å². The monoisotopic (exact) mass is 1390 g/mol. The minimum Gasteiger partial charge on any atom is -0.376 e. The van der Waals surface area contributed by atoms with Crippen LogP contribution in [0, 0.1) is 0 Å². The lowest BCUT2D eigenvalue weighted by Crippen LogP contribution is -2.65. The highest BCUT2D eigenvalue weighted by Crippen LogP contribution is 2.38. The van der Waals surface area contributed by atoms with Crippen molar-refractivity contribution in [2.75, 3.05) is 26.4 Å². The van der Waals surface area contributed by atoms with Gasteiger partial charge in [0.2, 0.25) is 0 Å². The van der Waals surface area contributed by atoms with Gasteiger partial charge in [-0.1, -0.05) is 288 Å². The Balaban J connectivity index is 1.02. The van der Waals surface area contributed by atoms with Crippen LogP contribution in [0.2, 0.25) is 0 Å². The summed E-state index contributed by atoms with van der Waals surface area (Å²) in [4.78, 5) is 10.3. The molecule has 0 unspecified atom stereocenters. The molecule has 2 heterocycles. The molecule has 11 rings (SSSR count). The Hall–Kier alpha value is -9.61. The number of nitrogens with zero attached hydrogens (tertiary/aromatic N) is 9. The molecule has 103 heavy (non-hydrogen) atoms. The summed E-state index contributed by atoms with van der Waals surface area (Å²) in [5.74, 6) is 0. The Morgan fingerprint density at radius 3 is 1.02 bits per heavy atom. The third-order valence-electron chi connectivity index (χ3n) is 17.5. The number of hydrogen-bond acceptors (Lipinski definition) is 16. The number of ether oxygens (including phenoxy) is 13. The van der Waals surface area contributed by atoms with Gasteiger partial charge in [-0.2, -0.15) is 0 Å². The van der Waals surface area contributed by atoms with Crippen LogP contribution in [0.25, 0.3) is 31.3 Å². The molecule has 0 aliphatic carbocycles. The van der Waals surface area contributed by atoms with Crippen molar-refractivity contribution in [2.24, 2.45) is 15.3 Å². The zero-order valence-electron chi connectivity index (χ0n) is 57.1. The molecule has 14 atom stereocenters. The zero-order valence-corrected chi connectivity index (χ0v) is 57.1. The van der Waals surface area contributed by atoms with Crippen molar-refractivity contribution in [3.63, 3.8) is 0 Å². The summed E-state index contributed by atoms with van der Waals surface area (Å²) < 4.78 is 91.0. The standard InChI is InChI=1S/C81H85N9O13/c82-88-85-68(55-91-46-59-28-10-1-11-29-59)74(95-50-63-36-18-5-19-37-63)75(96-51-64-38-20-6-21-39-64)69(56-92-47-60-30-12-2-13-31-60)100-80-73(87-90-84)79(99-54-67-44-26-9-27-45-67)77(71(102-80)58-94-49-62-34-16-4-17-35-62)103-81-72(86-89-83)78(98-53-66-42-24-8-25-43-66)76(97-52-65-40-22-7-23-41-65)70(101-81)57-93-48-61-32-14-3-15-33-61/h1-45,68-81H,46-58H2/t68-,69+,70-,71-,72-,73-,74-,75-,76-,77-,78-,79-,80+,81-/m1/s1. The average molecular weight is 1390 g/mol. The van der Waals surface area contributed by atoms with E-state index in [2.05, 4.69) is 30.1 Å². The smallest absolute Gasteiger partial charge is 0.169 e. The van der Waals surface area contributed by atoms with Crippen molar-refractivity contribution in [3.05, 3.63) is 354 Å². The Morgan fingerprint density at radius 1 is 0.320 bits per heavy atom. The average Bonchev–Trinajstić information content (AvgIpc) is 0.767. The largest absolute Gasteiger partial charge is 0.376 e. The van der Waals surface area contributed by atoms with Gasteiger partial charge in [0.15, 0.2) is 12.6 Å². The van der Waals surface area contributed by atoms with Crippen LogP contribution >= 0.6 is 0 Å². The Kier molecular flexibility index (Phi) is 30.0. The molecule has 0 radical (unpaired) electrons. The van der Waals surface area contributed by atoms with E-state index in [1.54, 1.807) is 0 Å². The summed E-state index contributed by atoms with van der Waals surface area (Å²) in [6.45, 7) is 0.372. The third kappa shape index (κ3) is 23.2. The molecule has 2 aliphatic heterocycles. The molecule has 0 amide bonds. The summed E-state index contributed by atoms with van der Waals surface area (Å²) in [6, 6.07) is 82.9. The molecule has 532 valence electrons. The van der Waals surface area contributed by atoms with Gasteiger partial charge >= 0.3 is 0 Å². The van der Waals surface area contributed by atoms with Gasteiger partial charge in [-0.25, -0.2) is 0 Å². The summed E-state index contributed by atoms with van der Waals surface area (Å²) in [7, 11) is 0. The Bertz CT molecular complexity index is 4000. The molecular weight excluding hydrogens is 1310 g/mol. The van der Waals surface area contributed by atoms with E-state index < -0.39 is 85.6 Å². The normalized spacial score (nSPS) is 21.3. The zero-order chi connectivity index (χ0) is 70.7. The Labute approximate surface area is 600 Å². The molecule has 2 saturated heterocycles. The topological polar surface area (TPSA) is 266 Å². The van der Waals surface area contributed by atoms with Crippen LogP contribution in [0.4, 0.5) is 0 Å². The van der Waals surface area contributed by atoms with Crippen LogP contribution in [0.3, 0.4) is 0 Å². The molecule has 0 saturated carbocycles. The second kappa shape index (κ2) is 41.5. The minimum absolute atomic E-state index is 0.0172. The minimum atomic E-state index is -1.53. The maximum Gasteiger partial charge on any atom is 0.169 e. The highest BCUT2D eigenvalue weighted by molar-refractivity contribution is 5.21. The van der Waals surface area contributed by atoms with Gasteiger partial charge in [-0.05, 0) is 66.7 Å². The maximum atomic E-state index is 11.0. The van der Waals surface area contributed by atoms with E-state index >= 15 is 0 Å². The second-order valence-electron chi connectivity index (χ2n) is 24.8. The van der Waals surface area contributed by atoms with E-state index in [1.165, 1.54) is 0 Å². The fraction of sp³-hybridized carbons (Fsp3) is 0.333. The van der Waals surface area contributed by atoms with Crippen LogP contribution in [-0.4, -0.2) is 112 Å². The maximum absolute atomic E-state index is 11.0. The lowest BCUT2D eigenvalue weighted by atomic mass is 9.94. The van der Waals surface area contributed by atoms with E-state index in [0.717, 1.165) is 50.1 Å². The molecule has 0 spiro atoms. The Morgan fingerprint density at radius 2 is 0.631 bits per heavy atom. The van der Waals surface area contributed by atoms with Gasteiger partial charge in [0.25, 0.3) is 0 Å². The molecule has 22 nitrogen and oxygen atoms in total. The predicted molar refractivity (Wildman–Crippen MR) is 385 cm³/mol. The van der Waals surface area contributed by atoms with Crippen LogP contribution in [0.15, 0.2) is 288 Å². The van der Waals surface area contributed by atoms with Gasteiger partial charge < -0.3 is 61.6 Å². The number of benzene rings is 9. The highest BCUT2D eigenvalue weighted by Gasteiger charge is 2.55. The van der Waals surface area contributed by atoms with Gasteiger partial charge in [0.1, 0.15) is 60.9 Å². The highest BCUT2D eigenvalue weighted by atomic mass is 16.7. The molecule has 0 N–H and O–H groups in total. The van der Waals surface area contributed by atoms with Crippen LogP contribution in [0.5, 0.6) is 0 Å². The second-order valence-corrected chi connectivity index (χ2v) is 24.8. The first-order valence-corrected chi connectivity index (χ1v) is 34.5. The van der Waals surface area contributed by atoms with Gasteiger partial charge in [0.05, 0.1) is 98.0 Å². The van der Waals surface area contributed by atoms with Gasteiger partial charge in [0, 0.05) is 14.7 Å². The lowest BCUT2D eigenvalue weighted by molar-refractivity contribution is -0.348. The number of hydrogen-bond donors (Lipinski definition) is 0. The fourth-order valence-electron chi connectivity index (χ4n) is 12.3. The van der Waals surface area contributed by atoms with Crippen molar-refractivity contribution in [2.45, 2.75) is 145 Å². The van der Waals surface area contributed by atoms with Gasteiger partial charge in [-0.15, -0.1) is 0 Å². The van der Waals surface area contributed by atoms with E-state index in [4.69, 9.17) is 61.6 Å². The predicted octanol–water partition coefficient (Wildman–Crippen LogP) is 16.0. The summed E-state index contributed by atoms with van der Waals surface area (Å²) in [5, 5.41) is 13.4. The van der Waals surface area contributed by atoms with E-state index in [-0.39, 0.29) is 85.9 Å². The van der Waals surface area contributed by atoms with Crippen molar-refractivity contribution < 1.29 is 61.6 Å². The lowest BCUT2D eigenvalue weighted by Gasteiger charge is -2.49. The molecular formula is C81H85N9O13.